The van der Waals surface area contributed by atoms with Gasteiger partial charge in [0.1, 0.15) is 0 Å². The van der Waals surface area contributed by atoms with Crippen molar-refractivity contribution in [3.63, 3.8) is 0 Å². The Morgan fingerprint density at radius 1 is 0.769 bits per heavy atom. The smallest absolute Gasteiger partial charge is 0.266 e. The van der Waals surface area contributed by atoms with Crippen LogP contribution in [-0.2, 0) is 0 Å². The molecule has 0 bridgehead atoms. The lowest BCUT2D eigenvalue weighted by Crippen LogP contribution is -2.29. The largest absolute Gasteiger partial charge is 0.370 e. The Bertz CT molecular complexity index is 1020. The number of pyridine rings is 1. The molecule has 1 saturated heterocycles. The summed E-state index contributed by atoms with van der Waals surface area (Å²) >= 11 is 0. The van der Waals surface area contributed by atoms with E-state index < -0.39 is 0 Å². The van der Waals surface area contributed by atoms with E-state index in [9.17, 15) is 9.59 Å². The van der Waals surface area contributed by atoms with Crippen LogP contribution in [0.3, 0.4) is 0 Å². The first kappa shape index (κ1) is 15.1. The molecule has 1 aromatic heterocycles. The fraction of sp³-hybridized carbons (Fsp3) is 0.190. The number of amides is 2. The second-order valence-corrected chi connectivity index (χ2v) is 6.69. The minimum absolute atomic E-state index is 0.273. The number of carbonyl (C=O) groups is 2. The van der Waals surface area contributed by atoms with E-state index in [1.54, 1.807) is 30.5 Å². The Morgan fingerprint density at radius 3 is 2.12 bits per heavy atom. The van der Waals surface area contributed by atoms with Gasteiger partial charge in [0.25, 0.3) is 11.8 Å². The molecule has 5 heteroatoms. The van der Waals surface area contributed by atoms with Crippen molar-refractivity contribution in [3.05, 3.63) is 65.9 Å². The summed E-state index contributed by atoms with van der Waals surface area (Å²) in [6, 6.07) is 14.6. The molecule has 0 unspecified atom stereocenters. The molecule has 2 amide bonds. The first-order valence-corrected chi connectivity index (χ1v) is 8.86. The van der Waals surface area contributed by atoms with Gasteiger partial charge >= 0.3 is 0 Å². The minimum atomic E-state index is -0.273. The molecule has 0 radical (unpaired) electrons. The molecule has 2 aliphatic heterocycles. The number of rotatable bonds is 2. The highest BCUT2D eigenvalue weighted by atomic mass is 16.2. The molecule has 0 aliphatic carbocycles. The number of nitrogens with zero attached hydrogens (tertiary/aromatic N) is 3. The summed E-state index contributed by atoms with van der Waals surface area (Å²) in [7, 11) is 0. The molecule has 3 heterocycles. The number of fused-ring (bicyclic) bond motifs is 2. The van der Waals surface area contributed by atoms with Crippen LogP contribution in [0.5, 0.6) is 0 Å². The van der Waals surface area contributed by atoms with E-state index in [4.69, 9.17) is 0 Å². The lowest BCUT2D eigenvalue weighted by Gasteiger charge is -2.22. The zero-order valence-corrected chi connectivity index (χ0v) is 14.2. The monoisotopic (exact) mass is 343 g/mol. The average molecular weight is 343 g/mol. The average Bonchev–Trinajstić information content (AvgIpc) is 3.30. The fourth-order valence-electron chi connectivity index (χ4n) is 3.96. The summed E-state index contributed by atoms with van der Waals surface area (Å²) < 4.78 is 0. The van der Waals surface area contributed by atoms with Gasteiger partial charge in [-0.1, -0.05) is 12.1 Å². The lowest BCUT2D eigenvalue weighted by atomic mass is 10.1. The molecule has 26 heavy (non-hydrogen) atoms. The van der Waals surface area contributed by atoms with Crippen LogP contribution in [0.2, 0.25) is 0 Å². The third-order valence-electron chi connectivity index (χ3n) is 5.21. The number of carbonyl (C=O) groups excluding carboxylic acids is 2. The van der Waals surface area contributed by atoms with E-state index in [0.29, 0.717) is 16.8 Å². The van der Waals surface area contributed by atoms with Gasteiger partial charge in [0.15, 0.2) is 0 Å². The highest BCUT2D eigenvalue weighted by Gasteiger charge is 2.37. The number of aromatic nitrogens is 1. The van der Waals surface area contributed by atoms with Crippen LogP contribution < -0.4 is 9.80 Å². The molecule has 3 aromatic rings. The number of imide groups is 1. The van der Waals surface area contributed by atoms with Crippen LogP contribution in [-0.4, -0.2) is 29.9 Å². The fourth-order valence-corrected chi connectivity index (χ4v) is 3.96. The van der Waals surface area contributed by atoms with E-state index in [-0.39, 0.29) is 11.8 Å². The van der Waals surface area contributed by atoms with Crippen molar-refractivity contribution in [2.75, 3.05) is 22.9 Å². The highest BCUT2D eigenvalue weighted by Crippen LogP contribution is 2.37. The second kappa shape index (κ2) is 5.66. The normalized spacial score (nSPS) is 16.6. The molecule has 2 aromatic carbocycles. The zero-order valence-electron chi connectivity index (χ0n) is 14.2. The summed E-state index contributed by atoms with van der Waals surface area (Å²) in [5.74, 6) is -0.547. The van der Waals surface area contributed by atoms with Crippen LogP contribution in [0.15, 0.2) is 54.7 Å². The maximum Gasteiger partial charge on any atom is 0.266 e. The lowest BCUT2D eigenvalue weighted by molar-refractivity contribution is 0.0926. The first-order chi connectivity index (χ1) is 12.8. The Labute approximate surface area is 150 Å². The van der Waals surface area contributed by atoms with Crippen LogP contribution in [0, 0.1) is 0 Å². The predicted octanol–water partition coefficient (Wildman–Crippen LogP) is 3.64. The number of benzene rings is 2. The minimum Gasteiger partial charge on any atom is -0.370 e. The molecule has 1 fully saturated rings. The molecule has 128 valence electrons. The van der Waals surface area contributed by atoms with Crippen LogP contribution in [0.25, 0.3) is 10.9 Å². The molecular weight excluding hydrogens is 326 g/mol. The van der Waals surface area contributed by atoms with E-state index in [1.807, 2.05) is 24.3 Å². The van der Waals surface area contributed by atoms with Gasteiger partial charge in [0.2, 0.25) is 0 Å². The second-order valence-electron chi connectivity index (χ2n) is 6.69. The number of hydrogen-bond donors (Lipinski definition) is 0. The van der Waals surface area contributed by atoms with Gasteiger partial charge in [0, 0.05) is 24.7 Å². The summed E-state index contributed by atoms with van der Waals surface area (Å²) in [6.07, 6.45) is 4.11. The van der Waals surface area contributed by atoms with E-state index in [2.05, 4.69) is 9.88 Å². The van der Waals surface area contributed by atoms with Crippen molar-refractivity contribution in [1.29, 1.82) is 0 Å². The summed E-state index contributed by atoms with van der Waals surface area (Å²) in [4.78, 5) is 33.9. The molecule has 5 rings (SSSR count). The Hall–Kier alpha value is -3.21. The van der Waals surface area contributed by atoms with E-state index in [1.165, 1.54) is 17.7 Å². The molecule has 0 N–H and O–H groups in total. The molecule has 0 saturated carbocycles. The van der Waals surface area contributed by atoms with Gasteiger partial charge in [-0.3, -0.25) is 14.6 Å². The Morgan fingerprint density at radius 2 is 1.42 bits per heavy atom. The SMILES string of the molecule is O=C1c2ccccc2C(=O)N1c1ccc(N2CCCC2)c2ncccc12. The maximum absolute atomic E-state index is 12.9. The summed E-state index contributed by atoms with van der Waals surface area (Å²) in [5, 5.41) is 0.825. The van der Waals surface area contributed by atoms with Crippen molar-refractivity contribution in [3.8, 4) is 0 Å². The molecule has 0 spiro atoms. The predicted molar refractivity (Wildman–Crippen MR) is 101 cm³/mol. The van der Waals surface area contributed by atoms with Gasteiger partial charge in [-0.25, -0.2) is 4.90 Å². The first-order valence-electron chi connectivity index (χ1n) is 8.86. The topological polar surface area (TPSA) is 53.5 Å². The molecule has 5 nitrogen and oxygen atoms in total. The molecular formula is C21H17N3O2. The van der Waals surface area contributed by atoms with Gasteiger partial charge in [0.05, 0.1) is 28.0 Å². The van der Waals surface area contributed by atoms with Crippen LogP contribution >= 0.6 is 0 Å². The Balaban J connectivity index is 1.68. The van der Waals surface area contributed by atoms with Crippen molar-refractivity contribution in [1.82, 2.24) is 4.98 Å². The van der Waals surface area contributed by atoms with Crippen molar-refractivity contribution in [2.45, 2.75) is 12.8 Å². The third-order valence-corrected chi connectivity index (χ3v) is 5.21. The van der Waals surface area contributed by atoms with Crippen molar-refractivity contribution >= 4 is 34.1 Å². The van der Waals surface area contributed by atoms with Crippen LogP contribution in [0.4, 0.5) is 11.4 Å². The number of anilines is 2. The van der Waals surface area contributed by atoms with Crippen molar-refractivity contribution in [2.24, 2.45) is 0 Å². The van der Waals surface area contributed by atoms with E-state index in [0.717, 1.165) is 29.7 Å². The summed E-state index contributed by atoms with van der Waals surface area (Å²) in [5.41, 5.74) is 3.42. The maximum atomic E-state index is 12.9. The van der Waals surface area contributed by atoms with Gasteiger partial charge in [-0.05, 0) is 49.2 Å². The molecule has 0 atom stereocenters. The Kier molecular flexibility index (Phi) is 3.28. The van der Waals surface area contributed by atoms with Gasteiger partial charge < -0.3 is 4.90 Å². The molecule has 2 aliphatic rings. The van der Waals surface area contributed by atoms with Gasteiger partial charge in [-0.2, -0.15) is 0 Å². The standard InChI is InChI=1S/C21H17N3O2/c25-20-14-6-1-2-7-15(14)21(26)24(20)17-9-10-18(23-12-3-4-13-23)19-16(17)8-5-11-22-19/h1-2,5-11H,3-4,12-13H2. The third kappa shape index (κ3) is 2.07. The summed E-state index contributed by atoms with van der Waals surface area (Å²) in [6.45, 7) is 2.02. The van der Waals surface area contributed by atoms with Crippen LogP contribution in [0.1, 0.15) is 33.6 Å². The van der Waals surface area contributed by atoms with Crippen molar-refractivity contribution < 1.29 is 9.59 Å². The number of hydrogen-bond acceptors (Lipinski definition) is 4. The zero-order chi connectivity index (χ0) is 17.7. The highest BCUT2D eigenvalue weighted by molar-refractivity contribution is 6.36. The van der Waals surface area contributed by atoms with E-state index >= 15 is 0 Å². The quantitative estimate of drug-likeness (QED) is 0.667. The van der Waals surface area contributed by atoms with Gasteiger partial charge in [-0.15, -0.1) is 0 Å².